The summed E-state index contributed by atoms with van der Waals surface area (Å²) in [6.07, 6.45) is 7.79. The Balaban J connectivity index is 2.47. The number of aromatic hydroxyl groups is 2. The SMILES string of the molecule is C=C(C)[C@@H](CC=C(C)C)C[C@@]12CC(CC=C(C)C)C(C)(C)[C@@](CC=C(C)C)(C(=O)C(=C(O)c3ccc(O)c(O)c3)C1=O)C2=O. The molecule has 6 heteroatoms. The van der Waals surface area contributed by atoms with Gasteiger partial charge in [-0.3, -0.25) is 14.4 Å². The van der Waals surface area contributed by atoms with E-state index in [0.717, 1.165) is 28.4 Å². The van der Waals surface area contributed by atoms with E-state index in [2.05, 4.69) is 18.7 Å². The fourth-order valence-electron chi connectivity index (χ4n) is 7.08. The molecule has 2 aliphatic carbocycles. The van der Waals surface area contributed by atoms with Crippen LogP contribution in [0.4, 0.5) is 0 Å². The van der Waals surface area contributed by atoms with Crippen molar-refractivity contribution in [2.75, 3.05) is 0 Å². The van der Waals surface area contributed by atoms with Crippen LogP contribution in [0.2, 0.25) is 0 Å². The number of carbonyl (C=O) groups is 3. The van der Waals surface area contributed by atoms with Gasteiger partial charge in [0.2, 0.25) is 0 Å². The summed E-state index contributed by atoms with van der Waals surface area (Å²) in [4.78, 5) is 44.9. The molecule has 2 fully saturated rings. The lowest BCUT2D eigenvalue weighted by Crippen LogP contribution is -2.69. The van der Waals surface area contributed by atoms with Gasteiger partial charge in [-0.15, -0.1) is 0 Å². The smallest absolute Gasteiger partial charge is 0.184 e. The number of allylic oxidation sites excluding steroid dienone is 8. The number of fused-ring (bicyclic) bond motifs is 2. The molecular weight excluding hydrogens is 552 g/mol. The Morgan fingerprint density at radius 2 is 1.50 bits per heavy atom. The zero-order valence-electron chi connectivity index (χ0n) is 27.9. The first-order valence-electron chi connectivity index (χ1n) is 15.5. The molecule has 0 aliphatic heterocycles. The molecule has 0 amide bonds. The van der Waals surface area contributed by atoms with Crippen molar-refractivity contribution in [1.82, 2.24) is 0 Å². The Morgan fingerprint density at radius 1 is 0.909 bits per heavy atom. The second kappa shape index (κ2) is 12.7. The maximum absolute atomic E-state index is 15.2. The number of Topliss-reactive ketones (excluding diaryl/α,β-unsaturated/α-hetero) is 3. The molecule has 0 saturated heterocycles. The van der Waals surface area contributed by atoms with E-state index >= 15 is 4.79 Å². The van der Waals surface area contributed by atoms with Crippen LogP contribution in [-0.4, -0.2) is 32.7 Å². The van der Waals surface area contributed by atoms with Crippen LogP contribution >= 0.6 is 0 Å². The summed E-state index contributed by atoms with van der Waals surface area (Å²) in [5.74, 6) is -3.61. The molecule has 0 radical (unpaired) electrons. The lowest BCUT2D eigenvalue weighted by molar-refractivity contribution is -0.177. The molecule has 6 nitrogen and oxygen atoms in total. The summed E-state index contributed by atoms with van der Waals surface area (Å²) < 4.78 is 0. The molecule has 2 saturated carbocycles. The molecule has 44 heavy (non-hydrogen) atoms. The Kier molecular flexibility index (Phi) is 10.1. The number of ketones is 3. The minimum Gasteiger partial charge on any atom is -0.506 e. The first-order chi connectivity index (χ1) is 20.3. The first kappa shape index (κ1) is 34.8. The van der Waals surface area contributed by atoms with Gasteiger partial charge in [0, 0.05) is 5.56 Å². The third kappa shape index (κ3) is 6.00. The highest BCUT2D eigenvalue weighted by molar-refractivity contribution is 6.41. The lowest BCUT2D eigenvalue weighted by atomic mass is 9.38. The second-order valence-electron chi connectivity index (χ2n) is 14.3. The molecule has 4 atom stereocenters. The summed E-state index contributed by atoms with van der Waals surface area (Å²) in [5, 5.41) is 31.7. The predicted molar refractivity (Wildman–Crippen MR) is 176 cm³/mol. The van der Waals surface area contributed by atoms with E-state index in [4.69, 9.17) is 0 Å². The molecule has 0 heterocycles. The van der Waals surface area contributed by atoms with Crippen molar-refractivity contribution < 1.29 is 29.7 Å². The van der Waals surface area contributed by atoms with E-state index in [0.29, 0.717) is 12.8 Å². The summed E-state index contributed by atoms with van der Waals surface area (Å²) in [7, 11) is 0. The third-order valence-corrected chi connectivity index (χ3v) is 10.0. The maximum Gasteiger partial charge on any atom is 0.184 e. The van der Waals surface area contributed by atoms with Gasteiger partial charge in [-0.05, 0) is 116 Å². The molecule has 1 unspecified atom stereocenters. The topological polar surface area (TPSA) is 112 Å². The van der Waals surface area contributed by atoms with Gasteiger partial charge in [-0.25, -0.2) is 0 Å². The van der Waals surface area contributed by atoms with Gasteiger partial charge in [-0.2, -0.15) is 0 Å². The zero-order valence-corrected chi connectivity index (χ0v) is 27.9. The van der Waals surface area contributed by atoms with E-state index in [1.807, 2.05) is 68.4 Å². The summed E-state index contributed by atoms with van der Waals surface area (Å²) >= 11 is 0. The molecule has 238 valence electrons. The molecule has 2 bridgehead atoms. The van der Waals surface area contributed by atoms with Gasteiger partial charge >= 0.3 is 0 Å². The largest absolute Gasteiger partial charge is 0.506 e. The monoisotopic (exact) mass is 602 g/mol. The van der Waals surface area contributed by atoms with Crippen molar-refractivity contribution in [2.45, 2.75) is 94.4 Å². The Hall–Kier alpha value is -3.67. The van der Waals surface area contributed by atoms with Crippen molar-refractivity contribution in [1.29, 1.82) is 0 Å². The highest BCUT2D eigenvalue weighted by Gasteiger charge is 2.74. The minimum absolute atomic E-state index is 0.0110. The number of aliphatic hydroxyl groups excluding tert-OH is 1. The molecule has 3 N–H and O–H groups in total. The van der Waals surface area contributed by atoms with E-state index in [9.17, 15) is 24.9 Å². The van der Waals surface area contributed by atoms with Gasteiger partial charge in [0.15, 0.2) is 28.8 Å². The molecule has 2 aliphatic rings. The van der Waals surface area contributed by atoms with Crippen LogP contribution in [0.3, 0.4) is 0 Å². The van der Waals surface area contributed by atoms with Crippen LogP contribution in [0.25, 0.3) is 5.76 Å². The molecule has 1 aromatic carbocycles. The van der Waals surface area contributed by atoms with Gasteiger partial charge in [-0.1, -0.05) is 60.9 Å². The Bertz CT molecular complexity index is 1490. The van der Waals surface area contributed by atoms with Crippen LogP contribution in [0.5, 0.6) is 11.5 Å². The van der Waals surface area contributed by atoms with Crippen molar-refractivity contribution in [2.24, 2.45) is 28.1 Å². The van der Waals surface area contributed by atoms with Crippen LogP contribution in [0.15, 0.2) is 70.9 Å². The van der Waals surface area contributed by atoms with Crippen molar-refractivity contribution in [3.8, 4) is 11.5 Å². The van der Waals surface area contributed by atoms with Gasteiger partial charge < -0.3 is 15.3 Å². The average molecular weight is 603 g/mol. The highest BCUT2D eigenvalue weighted by Crippen LogP contribution is 2.66. The fraction of sp³-hybridized carbons (Fsp3) is 0.500. The fourth-order valence-corrected chi connectivity index (χ4v) is 7.08. The number of hydrogen-bond donors (Lipinski definition) is 3. The Morgan fingerprint density at radius 3 is 2.02 bits per heavy atom. The van der Waals surface area contributed by atoms with Gasteiger partial charge in [0.05, 0.1) is 5.41 Å². The predicted octanol–water partition coefficient (Wildman–Crippen LogP) is 8.76. The van der Waals surface area contributed by atoms with E-state index in [-0.39, 0.29) is 42.4 Å². The number of phenolic OH excluding ortho intramolecular Hbond substituents is 2. The number of hydrogen-bond acceptors (Lipinski definition) is 6. The minimum atomic E-state index is -1.62. The zero-order chi connectivity index (χ0) is 33.4. The van der Waals surface area contributed by atoms with Crippen LogP contribution in [0.1, 0.15) is 100.0 Å². The van der Waals surface area contributed by atoms with Gasteiger partial charge in [0.1, 0.15) is 16.7 Å². The number of benzene rings is 1. The average Bonchev–Trinajstić information content (AvgIpc) is 2.91. The summed E-state index contributed by atoms with van der Waals surface area (Å²) in [6, 6.07) is 3.65. The second-order valence-corrected chi connectivity index (χ2v) is 14.3. The number of phenols is 2. The van der Waals surface area contributed by atoms with Crippen LogP contribution in [0, 0.1) is 28.1 Å². The molecule has 1 aromatic rings. The van der Waals surface area contributed by atoms with E-state index in [1.54, 1.807) is 0 Å². The third-order valence-electron chi connectivity index (χ3n) is 10.0. The molecule has 0 spiro atoms. The Labute approximate surface area is 263 Å². The molecular formula is C38H50O6. The van der Waals surface area contributed by atoms with Crippen molar-refractivity contribution in [3.63, 3.8) is 0 Å². The number of rotatable bonds is 10. The van der Waals surface area contributed by atoms with Gasteiger partial charge in [0.25, 0.3) is 0 Å². The van der Waals surface area contributed by atoms with Crippen molar-refractivity contribution >= 4 is 23.1 Å². The van der Waals surface area contributed by atoms with Crippen LogP contribution in [-0.2, 0) is 14.4 Å². The van der Waals surface area contributed by atoms with Crippen molar-refractivity contribution in [3.05, 3.63) is 76.4 Å². The normalized spacial score (nSPS) is 26.0. The highest BCUT2D eigenvalue weighted by atomic mass is 16.3. The first-order valence-corrected chi connectivity index (χ1v) is 15.5. The lowest BCUT2D eigenvalue weighted by Gasteiger charge is -2.60. The summed E-state index contributed by atoms with van der Waals surface area (Å²) in [6.45, 7) is 21.9. The summed E-state index contributed by atoms with van der Waals surface area (Å²) in [5.41, 5.74) is -0.453. The van der Waals surface area contributed by atoms with E-state index in [1.165, 1.54) is 12.1 Å². The van der Waals surface area contributed by atoms with E-state index < -0.39 is 50.6 Å². The number of aliphatic hydroxyl groups is 1. The standard InChI is InChI=1S/C38H50O6/c1-22(2)11-13-27(25(7)8)20-37-21-28(15-12-23(3)4)36(9,10)38(35(37)44,18-17-24(5)6)34(43)31(33(37)42)32(41)26-14-16-29(39)30(40)19-26/h11-12,14,16-17,19,27-28,39-41H,7,13,15,18,20-21H2,1-6,8-10H3/t27-,28?,37+,38-/m0/s1. The quantitative estimate of drug-likeness (QED) is 0.0616. The molecule has 3 rings (SSSR count). The maximum atomic E-state index is 15.2. The number of carbonyl (C=O) groups excluding carboxylic acids is 3. The van der Waals surface area contributed by atoms with Crippen LogP contribution < -0.4 is 0 Å². The molecule has 0 aromatic heterocycles.